The van der Waals surface area contributed by atoms with E-state index in [1.807, 2.05) is 74.5 Å². The summed E-state index contributed by atoms with van der Waals surface area (Å²) < 4.78 is 12.3. The molecule has 1 heterocycles. The summed E-state index contributed by atoms with van der Waals surface area (Å²) in [4.78, 5) is 15.4. The Bertz CT molecular complexity index is 1520. The number of thioether (sulfide) groups is 1. The van der Waals surface area contributed by atoms with Gasteiger partial charge in [-0.15, -0.1) is 0 Å². The molecule has 0 spiro atoms. The summed E-state index contributed by atoms with van der Waals surface area (Å²) in [6, 6.07) is 26.1. The number of amides is 1. The van der Waals surface area contributed by atoms with Gasteiger partial charge in [0.15, 0.2) is 15.8 Å². The van der Waals surface area contributed by atoms with Crippen LogP contribution in [0.25, 0.3) is 16.8 Å². The summed E-state index contributed by atoms with van der Waals surface area (Å²) in [6.45, 7) is 4.50. The lowest BCUT2D eigenvalue weighted by molar-refractivity contribution is -0.113. The molecule has 36 heavy (non-hydrogen) atoms. The van der Waals surface area contributed by atoms with Gasteiger partial charge < -0.3 is 9.47 Å². The van der Waals surface area contributed by atoms with Gasteiger partial charge >= 0.3 is 0 Å². The maximum atomic E-state index is 13.2. The first kappa shape index (κ1) is 24.1. The van der Waals surface area contributed by atoms with Crippen molar-refractivity contribution in [3.63, 3.8) is 0 Å². The summed E-state index contributed by atoms with van der Waals surface area (Å²) in [5.41, 5.74) is 5.03. The van der Waals surface area contributed by atoms with Crippen LogP contribution in [0.5, 0.6) is 11.5 Å². The van der Waals surface area contributed by atoms with Crippen molar-refractivity contribution in [1.82, 2.24) is 0 Å². The fourth-order valence-corrected chi connectivity index (χ4v) is 5.47. The maximum Gasteiger partial charge on any atom is 0.270 e. The van der Waals surface area contributed by atoms with Crippen molar-refractivity contribution in [2.75, 3.05) is 12.0 Å². The number of carbonyl (C=O) groups excluding carboxylic acids is 1. The molecular weight excluding hydrogens is 486 g/mol. The third-order valence-electron chi connectivity index (χ3n) is 6.29. The number of thiocarbonyl (C=S) groups is 1. The molecule has 0 radical (unpaired) electrons. The van der Waals surface area contributed by atoms with E-state index in [1.165, 1.54) is 28.1 Å². The molecule has 0 aromatic heterocycles. The molecule has 0 unspecified atom stereocenters. The Hall–Kier alpha value is -3.61. The predicted octanol–water partition coefficient (Wildman–Crippen LogP) is 7.45. The predicted molar refractivity (Wildman–Crippen MR) is 153 cm³/mol. The van der Waals surface area contributed by atoms with Crippen LogP contribution in [0, 0.1) is 13.8 Å². The zero-order chi connectivity index (χ0) is 25.2. The number of nitrogens with zero attached hydrogens (tertiary/aromatic N) is 1. The summed E-state index contributed by atoms with van der Waals surface area (Å²) in [5, 5.41) is 2.35. The minimum absolute atomic E-state index is 0.122. The molecule has 6 heteroatoms. The average molecular weight is 512 g/mol. The molecule has 4 nitrogen and oxygen atoms in total. The van der Waals surface area contributed by atoms with E-state index >= 15 is 0 Å². The molecule has 180 valence electrons. The quantitative estimate of drug-likeness (QED) is 0.199. The highest BCUT2D eigenvalue weighted by molar-refractivity contribution is 8.27. The Morgan fingerprint density at radius 1 is 0.917 bits per heavy atom. The van der Waals surface area contributed by atoms with Crippen LogP contribution in [0.4, 0.5) is 5.69 Å². The number of fused-ring (bicyclic) bond motifs is 1. The summed E-state index contributed by atoms with van der Waals surface area (Å²) >= 11 is 6.84. The normalized spacial score (nSPS) is 14.6. The van der Waals surface area contributed by atoms with Gasteiger partial charge in [0.25, 0.3) is 5.91 Å². The number of hydrogen-bond acceptors (Lipinski definition) is 5. The van der Waals surface area contributed by atoms with E-state index < -0.39 is 0 Å². The number of aryl methyl sites for hydroxylation is 2. The van der Waals surface area contributed by atoms with Crippen LogP contribution < -0.4 is 14.4 Å². The van der Waals surface area contributed by atoms with Gasteiger partial charge in [-0.05, 0) is 77.2 Å². The van der Waals surface area contributed by atoms with Crippen molar-refractivity contribution >= 4 is 56.7 Å². The highest BCUT2D eigenvalue weighted by atomic mass is 32.2. The monoisotopic (exact) mass is 511 g/mol. The van der Waals surface area contributed by atoms with E-state index in [9.17, 15) is 4.79 Å². The van der Waals surface area contributed by atoms with E-state index in [4.69, 9.17) is 21.7 Å². The van der Waals surface area contributed by atoms with Crippen LogP contribution in [-0.4, -0.2) is 17.3 Å². The summed E-state index contributed by atoms with van der Waals surface area (Å²) in [7, 11) is 1.61. The smallest absolute Gasteiger partial charge is 0.270 e. The molecule has 0 bridgehead atoms. The van der Waals surface area contributed by atoms with Gasteiger partial charge in [0, 0.05) is 0 Å². The Labute approximate surface area is 220 Å². The molecule has 0 atom stereocenters. The summed E-state index contributed by atoms with van der Waals surface area (Å²) in [6.07, 6.45) is 1.84. The van der Waals surface area contributed by atoms with Gasteiger partial charge in [-0.1, -0.05) is 78.6 Å². The molecule has 1 aliphatic heterocycles. The lowest BCUT2D eigenvalue weighted by Gasteiger charge is -2.16. The van der Waals surface area contributed by atoms with E-state index in [2.05, 4.69) is 24.3 Å². The average Bonchev–Trinajstić information content (AvgIpc) is 3.17. The topological polar surface area (TPSA) is 38.8 Å². The van der Waals surface area contributed by atoms with E-state index in [0.29, 0.717) is 27.3 Å². The molecule has 5 rings (SSSR count). The number of carbonyl (C=O) groups is 1. The molecule has 1 amide bonds. The number of hydrogen-bond donors (Lipinski definition) is 0. The van der Waals surface area contributed by atoms with Crippen LogP contribution in [0.15, 0.2) is 83.8 Å². The minimum Gasteiger partial charge on any atom is -0.493 e. The van der Waals surface area contributed by atoms with Crippen molar-refractivity contribution in [1.29, 1.82) is 0 Å². The van der Waals surface area contributed by atoms with Crippen molar-refractivity contribution in [2.24, 2.45) is 0 Å². The Balaban J connectivity index is 1.36. The standard InChI is InChI=1S/C30H25NO3S2/c1-19-11-13-24(15-20(19)2)31-29(32)28(36-30(31)35)17-21-12-14-26(27(16-21)33-3)34-18-23-9-6-8-22-7-4-5-10-25(22)23/h4-17H,18H2,1-3H3/b28-17-. The van der Waals surface area contributed by atoms with E-state index in [1.54, 1.807) is 12.0 Å². The van der Waals surface area contributed by atoms with Crippen LogP contribution >= 0.6 is 24.0 Å². The van der Waals surface area contributed by atoms with E-state index in [0.717, 1.165) is 22.4 Å². The number of rotatable bonds is 6. The molecule has 0 N–H and O–H groups in total. The van der Waals surface area contributed by atoms with Gasteiger partial charge in [0.2, 0.25) is 0 Å². The second-order valence-corrected chi connectivity index (χ2v) is 10.3. The van der Waals surface area contributed by atoms with Crippen molar-refractivity contribution in [3.8, 4) is 11.5 Å². The zero-order valence-electron chi connectivity index (χ0n) is 20.3. The largest absolute Gasteiger partial charge is 0.493 e. The van der Waals surface area contributed by atoms with Gasteiger partial charge in [-0.25, -0.2) is 0 Å². The van der Waals surface area contributed by atoms with Crippen LogP contribution in [0.2, 0.25) is 0 Å². The highest BCUT2D eigenvalue weighted by Crippen LogP contribution is 2.38. The van der Waals surface area contributed by atoms with Gasteiger partial charge in [0.05, 0.1) is 17.7 Å². The first-order chi connectivity index (χ1) is 17.4. The van der Waals surface area contributed by atoms with Gasteiger partial charge in [-0.2, -0.15) is 0 Å². The maximum absolute atomic E-state index is 13.2. The molecule has 1 fully saturated rings. The molecular formula is C30H25NO3S2. The minimum atomic E-state index is -0.122. The lowest BCUT2D eigenvalue weighted by Crippen LogP contribution is -2.27. The van der Waals surface area contributed by atoms with Crippen molar-refractivity contribution in [2.45, 2.75) is 20.5 Å². The molecule has 0 saturated carbocycles. The zero-order valence-corrected chi connectivity index (χ0v) is 21.9. The van der Waals surface area contributed by atoms with Crippen LogP contribution in [-0.2, 0) is 11.4 Å². The first-order valence-corrected chi connectivity index (χ1v) is 12.8. The Morgan fingerprint density at radius 2 is 1.72 bits per heavy atom. The number of benzene rings is 4. The number of anilines is 1. The number of methoxy groups -OCH3 is 1. The summed E-state index contributed by atoms with van der Waals surface area (Å²) in [5.74, 6) is 1.13. The Morgan fingerprint density at radius 3 is 2.53 bits per heavy atom. The molecule has 1 aliphatic rings. The molecule has 4 aromatic carbocycles. The lowest BCUT2D eigenvalue weighted by atomic mass is 10.1. The third kappa shape index (κ3) is 4.74. The second-order valence-electron chi connectivity index (χ2n) is 8.62. The van der Waals surface area contributed by atoms with Crippen LogP contribution in [0.1, 0.15) is 22.3 Å². The first-order valence-electron chi connectivity index (χ1n) is 11.6. The van der Waals surface area contributed by atoms with E-state index in [-0.39, 0.29) is 5.91 Å². The van der Waals surface area contributed by atoms with Gasteiger partial charge in [-0.3, -0.25) is 9.69 Å². The fraction of sp³-hybridized carbons (Fsp3) is 0.133. The highest BCUT2D eigenvalue weighted by Gasteiger charge is 2.33. The molecule has 1 saturated heterocycles. The Kier molecular flexibility index (Phi) is 6.81. The molecule has 0 aliphatic carbocycles. The fourth-order valence-electron chi connectivity index (χ4n) is 4.17. The SMILES string of the molecule is COc1cc(/C=C2\SC(=S)N(c3ccc(C)c(C)c3)C2=O)ccc1OCc1cccc2ccccc12. The van der Waals surface area contributed by atoms with Crippen LogP contribution in [0.3, 0.4) is 0 Å². The number of ether oxygens (including phenoxy) is 2. The molecule has 4 aromatic rings. The second kappa shape index (κ2) is 10.2. The third-order valence-corrected chi connectivity index (χ3v) is 7.59. The van der Waals surface area contributed by atoms with Gasteiger partial charge in [0.1, 0.15) is 6.61 Å². The van der Waals surface area contributed by atoms with Crippen molar-refractivity contribution in [3.05, 3.63) is 106 Å². The van der Waals surface area contributed by atoms with Crippen molar-refractivity contribution < 1.29 is 14.3 Å².